The first-order chi connectivity index (χ1) is 9.69. The van der Waals surface area contributed by atoms with E-state index < -0.39 is 5.54 Å². The van der Waals surface area contributed by atoms with E-state index in [1.165, 1.54) is 11.3 Å². The van der Waals surface area contributed by atoms with Crippen LogP contribution in [0.3, 0.4) is 0 Å². The van der Waals surface area contributed by atoms with Crippen LogP contribution in [0.5, 0.6) is 0 Å². The number of rotatable bonds is 5. The quantitative estimate of drug-likeness (QED) is 0.464. The second-order valence-corrected chi connectivity index (χ2v) is 6.02. The van der Waals surface area contributed by atoms with E-state index in [4.69, 9.17) is 4.74 Å². The molecule has 1 saturated heterocycles. The van der Waals surface area contributed by atoms with E-state index in [0.29, 0.717) is 25.5 Å². The third-order valence-corrected chi connectivity index (χ3v) is 4.33. The number of imide groups is 1. The molecule has 0 atom stereocenters. The lowest BCUT2D eigenvalue weighted by Crippen LogP contribution is -2.47. The van der Waals surface area contributed by atoms with Crippen molar-refractivity contribution in [1.29, 1.82) is 0 Å². The predicted molar refractivity (Wildman–Crippen MR) is 80.0 cm³/mol. The molecule has 1 heterocycles. The van der Waals surface area contributed by atoms with Crippen LogP contribution < -0.4 is 5.32 Å². The Morgan fingerprint density at radius 2 is 1.75 bits per heavy atom. The van der Waals surface area contributed by atoms with Crippen molar-refractivity contribution in [2.75, 3.05) is 25.5 Å². The summed E-state index contributed by atoms with van der Waals surface area (Å²) in [6.07, 6.45) is 7.09. The molecule has 0 bridgehead atoms. The number of nitrogens with one attached hydrogen (secondary N) is 1. The molecule has 0 aromatic carbocycles. The van der Waals surface area contributed by atoms with E-state index >= 15 is 0 Å². The summed E-state index contributed by atoms with van der Waals surface area (Å²) in [5, 5.41) is 2.94. The zero-order valence-corrected chi connectivity index (χ0v) is 12.8. The zero-order valence-electron chi connectivity index (χ0n) is 11.9. The predicted octanol–water partition coefficient (Wildman–Crippen LogP) is 1.97. The minimum Gasteiger partial charge on any atom is -0.379 e. The molecule has 1 N–H and O–H groups in total. The van der Waals surface area contributed by atoms with Crippen LogP contribution >= 0.6 is 12.6 Å². The molecule has 2 fully saturated rings. The van der Waals surface area contributed by atoms with Crippen molar-refractivity contribution in [3.8, 4) is 0 Å². The van der Waals surface area contributed by atoms with E-state index in [-0.39, 0.29) is 11.9 Å². The van der Waals surface area contributed by atoms with Gasteiger partial charge in [0, 0.05) is 5.75 Å². The first-order valence-electron chi connectivity index (χ1n) is 7.52. The van der Waals surface area contributed by atoms with Gasteiger partial charge in [0.15, 0.2) is 0 Å². The maximum atomic E-state index is 12.6. The summed E-state index contributed by atoms with van der Waals surface area (Å²) in [6, 6.07) is -0.259. The monoisotopic (exact) mass is 300 g/mol. The molecule has 1 spiro atoms. The zero-order chi connectivity index (χ0) is 14.4. The van der Waals surface area contributed by atoms with Gasteiger partial charge in [0.05, 0.1) is 19.8 Å². The minimum atomic E-state index is -0.638. The highest BCUT2D eigenvalue weighted by atomic mass is 32.1. The third kappa shape index (κ3) is 3.47. The maximum Gasteiger partial charge on any atom is 0.325 e. The molecular weight excluding hydrogens is 276 g/mol. The Labute approximate surface area is 125 Å². The summed E-state index contributed by atoms with van der Waals surface area (Å²) < 4.78 is 5.31. The van der Waals surface area contributed by atoms with Gasteiger partial charge < -0.3 is 10.1 Å². The fraction of sp³-hybridized carbons (Fsp3) is 0.857. The van der Waals surface area contributed by atoms with Gasteiger partial charge in [-0.25, -0.2) is 4.79 Å². The van der Waals surface area contributed by atoms with Gasteiger partial charge in [-0.2, -0.15) is 12.6 Å². The number of hydrogen-bond donors (Lipinski definition) is 2. The SMILES string of the molecule is O=C1NC2(CCCCCCC2)C(=O)N1CCOCCS. The molecule has 20 heavy (non-hydrogen) atoms. The fourth-order valence-corrected chi connectivity index (χ4v) is 3.18. The van der Waals surface area contributed by atoms with E-state index in [1.54, 1.807) is 0 Å². The molecule has 5 nitrogen and oxygen atoms in total. The van der Waals surface area contributed by atoms with Crippen LogP contribution in [0.25, 0.3) is 0 Å². The number of carbonyl (C=O) groups is 2. The molecule has 6 heteroatoms. The summed E-state index contributed by atoms with van der Waals surface area (Å²) in [5.41, 5.74) is -0.638. The number of carbonyl (C=O) groups excluding carboxylic acids is 2. The van der Waals surface area contributed by atoms with Gasteiger partial charge in [-0.1, -0.05) is 32.1 Å². The number of amides is 3. The van der Waals surface area contributed by atoms with Gasteiger partial charge in [0.1, 0.15) is 5.54 Å². The molecule has 0 aromatic rings. The number of nitrogens with zero attached hydrogens (tertiary/aromatic N) is 1. The van der Waals surface area contributed by atoms with Crippen LogP contribution in [0.2, 0.25) is 0 Å². The van der Waals surface area contributed by atoms with Crippen molar-refractivity contribution in [3.63, 3.8) is 0 Å². The fourth-order valence-electron chi connectivity index (χ4n) is 3.05. The van der Waals surface area contributed by atoms with Crippen molar-refractivity contribution in [2.45, 2.75) is 50.5 Å². The van der Waals surface area contributed by atoms with Crippen molar-refractivity contribution >= 4 is 24.6 Å². The first kappa shape index (κ1) is 15.6. The van der Waals surface area contributed by atoms with Crippen molar-refractivity contribution in [3.05, 3.63) is 0 Å². The Kier molecular flexibility index (Phi) is 5.72. The highest BCUT2D eigenvalue weighted by molar-refractivity contribution is 7.80. The summed E-state index contributed by atoms with van der Waals surface area (Å²) in [7, 11) is 0. The average Bonchev–Trinajstić information content (AvgIpc) is 2.63. The molecule has 1 aliphatic carbocycles. The van der Waals surface area contributed by atoms with Gasteiger partial charge in [0.25, 0.3) is 5.91 Å². The second kappa shape index (κ2) is 7.31. The smallest absolute Gasteiger partial charge is 0.325 e. The molecule has 0 radical (unpaired) electrons. The van der Waals surface area contributed by atoms with Gasteiger partial charge >= 0.3 is 6.03 Å². The Balaban J connectivity index is 1.95. The third-order valence-electron chi connectivity index (χ3n) is 4.15. The molecule has 1 saturated carbocycles. The lowest BCUT2D eigenvalue weighted by Gasteiger charge is -2.28. The lowest BCUT2D eigenvalue weighted by molar-refractivity contribution is -0.132. The molecule has 2 rings (SSSR count). The van der Waals surface area contributed by atoms with Crippen LogP contribution in [0.15, 0.2) is 0 Å². The van der Waals surface area contributed by atoms with Gasteiger partial charge in [-0.3, -0.25) is 9.69 Å². The summed E-state index contributed by atoms with van der Waals surface area (Å²) >= 11 is 4.05. The molecule has 0 aromatic heterocycles. The number of ether oxygens (including phenoxy) is 1. The number of thiol groups is 1. The largest absolute Gasteiger partial charge is 0.379 e. The molecular formula is C14H24N2O3S. The van der Waals surface area contributed by atoms with Gasteiger partial charge in [-0.15, -0.1) is 0 Å². The highest BCUT2D eigenvalue weighted by Gasteiger charge is 2.50. The van der Waals surface area contributed by atoms with Crippen LogP contribution in [0, 0.1) is 0 Å². The minimum absolute atomic E-state index is 0.0566. The molecule has 114 valence electrons. The Bertz CT molecular complexity index is 354. The first-order valence-corrected chi connectivity index (χ1v) is 8.15. The highest BCUT2D eigenvalue weighted by Crippen LogP contribution is 2.31. The van der Waals surface area contributed by atoms with Crippen molar-refractivity contribution < 1.29 is 14.3 Å². The lowest BCUT2D eigenvalue weighted by atomic mass is 9.84. The molecule has 1 aliphatic heterocycles. The van der Waals surface area contributed by atoms with E-state index in [1.807, 2.05) is 0 Å². The van der Waals surface area contributed by atoms with E-state index in [0.717, 1.165) is 38.5 Å². The topological polar surface area (TPSA) is 58.6 Å². The van der Waals surface area contributed by atoms with Crippen LogP contribution in [-0.4, -0.2) is 47.9 Å². The van der Waals surface area contributed by atoms with Crippen LogP contribution in [0.1, 0.15) is 44.9 Å². The Hall–Kier alpha value is -0.750. The summed E-state index contributed by atoms with van der Waals surface area (Å²) in [6.45, 7) is 1.26. The normalized spacial score (nSPS) is 22.8. The van der Waals surface area contributed by atoms with Gasteiger partial charge in [-0.05, 0) is 12.8 Å². The van der Waals surface area contributed by atoms with Crippen LogP contribution in [0.4, 0.5) is 4.79 Å². The second-order valence-electron chi connectivity index (χ2n) is 5.57. The van der Waals surface area contributed by atoms with Crippen molar-refractivity contribution in [1.82, 2.24) is 10.2 Å². The molecule has 2 aliphatic rings. The van der Waals surface area contributed by atoms with Crippen LogP contribution in [-0.2, 0) is 9.53 Å². The standard InChI is InChI=1S/C14H24N2O3S/c17-12-14(6-4-2-1-3-5-7-14)15-13(18)16(12)8-9-19-10-11-20/h20H,1-11H2,(H,15,18). The Morgan fingerprint density at radius 1 is 1.10 bits per heavy atom. The number of urea groups is 1. The molecule has 0 unspecified atom stereocenters. The van der Waals surface area contributed by atoms with E-state index in [2.05, 4.69) is 17.9 Å². The molecule has 3 amide bonds. The van der Waals surface area contributed by atoms with Gasteiger partial charge in [0.2, 0.25) is 0 Å². The van der Waals surface area contributed by atoms with E-state index in [9.17, 15) is 9.59 Å². The number of hydrogen-bond acceptors (Lipinski definition) is 4. The van der Waals surface area contributed by atoms with Crippen molar-refractivity contribution in [2.24, 2.45) is 0 Å². The summed E-state index contributed by atoms with van der Waals surface area (Å²) in [4.78, 5) is 26.0. The maximum absolute atomic E-state index is 12.6. The summed E-state index contributed by atoms with van der Waals surface area (Å²) in [5.74, 6) is 0.586. The average molecular weight is 300 g/mol. The Morgan fingerprint density at radius 3 is 2.40 bits per heavy atom.